The van der Waals surface area contributed by atoms with Crippen LogP contribution >= 0.6 is 0 Å². The predicted octanol–water partition coefficient (Wildman–Crippen LogP) is 2.74. The largest absolute Gasteiger partial charge is 0.496 e. The quantitative estimate of drug-likeness (QED) is 0.836. The molecule has 6 nitrogen and oxygen atoms in total. The molecule has 0 aliphatic rings. The lowest BCUT2D eigenvalue weighted by molar-refractivity contribution is -0.139. The Labute approximate surface area is 146 Å². The smallest absolute Gasteiger partial charge is 0.341 e. The molecule has 0 aliphatic heterocycles. The van der Waals surface area contributed by atoms with Crippen molar-refractivity contribution in [2.24, 2.45) is 0 Å². The molecule has 0 aliphatic carbocycles. The molecular formula is C19H21NO5. The van der Waals surface area contributed by atoms with Crippen LogP contribution in [0.3, 0.4) is 0 Å². The molecule has 0 heterocycles. The molecule has 1 amide bonds. The second-order valence-electron chi connectivity index (χ2n) is 5.67. The van der Waals surface area contributed by atoms with Gasteiger partial charge in [-0.1, -0.05) is 18.2 Å². The number of carboxylic acids is 1. The molecule has 0 atom stereocenters. The van der Waals surface area contributed by atoms with Crippen molar-refractivity contribution in [2.45, 2.75) is 13.5 Å². The third-order valence-electron chi connectivity index (χ3n) is 3.71. The van der Waals surface area contributed by atoms with Crippen LogP contribution in [0.2, 0.25) is 0 Å². The molecule has 2 aromatic rings. The van der Waals surface area contributed by atoms with E-state index in [0.29, 0.717) is 23.6 Å². The van der Waals surface area contributed by atoms with Crippen LogP contribution < -0.4 is 9.47 Å². The Morgan fingerprint density at radius 1 is 1.12 bits per heavy atom. The van der Waals surface area contributed by atoms with Gasteiger partial charge in [-0.2, -0.15) is 0 Å². The zero-order valence-electron chi connectivity index (χ0n) is 14.5. The Bertz CT molecular complexity index is 755. The first-order valence-corrected chi connectivity index (χ1v) is 7.74. The van der Waals surface area contributed by atoms with Crippen molar-refractivity contribution >= 4 is 11.9 Å². The zero-order chi connectivity index (χ0) is 18.4. The fourth-order valence-corrected chi connectivity index (χ4v) is 2.36. The predicted molar refractivity (Wildman–Crippen MR) is 93.1 cm³/mol. The summed E-state index contributed by atoms with van der Waals surface area (Å²) in [4.78, 5) is 24.6. The van der Waals surface area contributed by atoms with Crippen LogP contribution in [-0.4, -0.2) is 42.6 Å². The molecule has 0 unspecified atom stereocenters. The summed E-state index contributed by atoms with van der Waals surface area (Å²) in [5.41, 5.74) is 2.45. The lowest BCUT2D eigenvalue weighted by Gasteiger charge is -2.18. The van der Waals surface area contributed by atoms with Gasteiger partial charge in [0, 0.05) is 19.2 Å². The Hall–Kier alpha value is -3.02. The minimum Gasteiger partial charge on any atom is -0.496 e. The minimum absolute atomic E-state index is 0.107. The third-order valence-corrected chi connectivity index (χ3v) is 3.71. The number of carbonyl (C=O) groups excluding carboxylic acids is 1. The van der Waals surface area contributed by atoms with Crippen LogP contribution in [0.4, 0.5) is 0 Å². The molecule has 0 spiro atoms. The summed E-state index contributed by atoms with van der Waals surface area (Å²) in [6.45, 7) is 1.96. The molecule has 6 heteroatoms. The fourth-order valence-electron chi connectivity index (χ4n) is 2.36. The van der Waals surface area contributed by atoms with Gasteiger partial charge in [-0.15, -0.1) is 0 Å². The van der Waals surface area contributed by atoms with Gasteiger partial charge in [-0.3, -0.25) is 4.79 Å². The summed E-state index contributed by atoms with van der Waals surface area (Å²) in [5.74, 6) is 0.0232. The Balaban J connectivity index is 2.02. The zero-order valence-corrected chi connectivity index (χ0v) is 14.5. The van der Waals surface area contributed by atoms with Crippen LogP contribution in [0.5, 0.6) is 11.5 Å². The summed E-state index contributed by atoms with van der Waals surface area (Å²) in [6, 6.07) is 12.3. The second-order valence-corrected chi connectivity index (χ2v) is 5.67. The first kappa shape index (κ1) is 18.3. The lowest BCUT2D eigenvalue weighted by Crippen LogP contribution is -2.26. The van der Waals surface area contributed by atoms with Gasteiger partial charge in [-0.05, 0) is 42.3 Å². The molecule has 25 heavy (non-hydrogen) atoms. The standard InChI is InChI=1S/C19H21NO5/c1-13-4-7-15(10-17(13)24-3)19(23)20(2)11-14-5-8-16(9-6-14)25-12-18(21)22/h4-10H,11-12H2,1-3H3,(H,21,22). The summed E-state index contributed by atoms with van der Waals surface area (Å²) in [5, 5.41) is 8.59. The van der Waals surface area contributed by atoms with Gasteiger partial charge in [0.2, 0.25) is 0 Å². The van der Waals surface area contributed by atoms with Gasteiger partial charge in [0.05, 0.1) is 7.11 Å². The highest BCUT2D eigenvalue weighted by atomic mass is 16.5. The number of rotatable bonds is 7. The highest BCUT2D eigenvalue weighted by Crippen LogP contribution is 2.20. The van der Waals surface area contributed by atoms with E-state index in [1.165, 1.54) is 0 Å². The first-order chi connectivity index (χ1) is 11.9. The Kier molecular flexibility index (Phi) is 6.00. The van der Waals surface area contributed by atoms with Crippen molar-refractivity contribution in [3.8, 4) is 11.5 Å². The maximum atomic E-state index is 12.6. The number of amides is 1. The molecule has 0 fully saturated rings. The van der Waals surface area contributed by atoms with Crippen molar-refractivity contribution in [3.63, 3.8) is 0 Å². The van der Waals surface area contributed by atoms with Gasteiger partial charge in [0.1, 0.15) is 11.5 Å². The number of methoxy groups -OCH3 is 1. The minimum atomic E-state index is -1.03. The highest BCUT2D eigenvalue weighted by molar-refractivity contribution is 5.94. The van der Waals surface area contributed by atoms with Crippen LogP contribution in [0.25, 0.3) is 0 Å². The number of hydrogen-bond donors (Lipinski definition) is 1. The molecule has 2 aromatic carbocycles. The van der Waals surface area contributed by atoms with Crippen molar-refractivity contribution in [1.29, 1.82) is 0 Å². The average Bonchev–Trinajstić information content (AvgIpc) is 2.60. The van der Waals surface area contributed by atoms with Gasteiger partial charge in [0.25, 0.3) is 5.91 Å². The van der Waals surface area contributed by atoms with Crippen molar-refractivity contribution in [3.05, 3.63) is 59.2 Å². The summed E-state index contributed by atoms with van der Waals surface area (Å²) in [7, 11) is 3.30. The number of ether oxygens (including phenoxy) is 2. The third kappa shape index (κ3) is 4.97. The van der Waals surface area contributed by atoms with Crippen LogP contribution in [0.1, 0.15) is 21.5 Å². The molecule has 2 rings (SSSR count). The van der Waals surface area contributed by atoms with E-state index in [2.05, 4.69) is 0 Å². The van der Waals surface area contributed by atoms with Crippen LogP contribution in [0, 0.1) is 6.92 Å². The Morgan fingerprint density at radius 2 is 1.80 bits per heavy atom. The second kappa shape index (κ2) is 8.19. The van der Waals surface area contributed by atoms with E-state index in [1.807, 2.05) is 13.0 Å². The topological polar surface area (TPSA) is 76.1 Å². The average molecular weight is 343 g/mol. The highest BCUT2D eigenvalue weighted by Gasteiger charge is 2.14. The number of nitrogens with zero attached hydrogens (tertiary/aromatic N) is 1. The maximum absolute atomic E-state index is 12.6. The van der Waals surface area contributed by atoms with Crippen molar-refractivity contribution < 1.29 is 24.2 Å². The van der Waals surface area contributed by atoms with E-state index in [0.717, 1.165) is 11.1 Å². The number of benzene rings is 2. The number of hydrogen-bond acceptors (Lipinski definition) is 4. The summed E-state index contributed by atoms with van der Waals surface area (Å²) < 4.78 is 10.3. The van der Waals surface area contributed by atoms with E-state index in [9.17, 15) is 9.59 Å². The molecule has 1 N–H and O–H groups in total. The van der Waals surface area contributed by atoms with Crippen molar-refractivity contribution in [2.75, 3.05) is 20.8 Å². The SMILES string of the molecule is COc1cc(C(=O)N(C)Cc2ccc(OCC(=O)O)cc2)ccc1C. The number of aliphatic carboxylic acids is 1. The summed E-state index contributed by atoms with van der Waals surface area (Å²) in [6.07, 6.45) is 0. The van der Waals surface area contributed by atoms with E-state index in [1.54, 1.807) is 55.5 Å². The van der Waals surface area contributed by atoms with E-state index in [4.69, 9.17) is 14.6 Å². The molecule has 132 valence electrons. The van der Waals surface area contributed by atoms with Gasteiger partial charge < -0.3 is 19.5 Å². The lowest BCUT2D eigenvalue weighted by atomic mass is 10.1. The number of aryl methyl sites for hydroxylation is 1. The first-order valence-electron chi connectivity index (χ1n) is 7.74. The molecular weight excluding hydrogens is 322 g/mol. The Morgan fingerprint density at radius 3 is 2.40 bits per heavy atom. The number of carboxylic acid groups (broad SMARTS) is 1. The van der Waals surface area contributed by atoms with E-state index in [-0.39, 0.29) is 12.5 Å². The van der Waals surface area contributed by atoms with Gasteiger partial charge in [-0.25, -0.2) is 4.79 Å². The van der Waals surface area contributed by atoms with Gasteiger partial charge >= 0.3 is 5.97 Å². The van der Waals surface area contributed by atoms with Gasteiger partial charge in [0.15, 0.2) is 6.61 Å². The number of carbonyl (C=O) groups is 2. The summed E-state index contributed by atoms with van der Waals surface area (Å²) >= 11 is 0. The fraction of sp³-hybridized carbons (Fsp3) is 0.263. The van der Waals surface area contributed by atoms with E-state index >= 15 is 0 Å². The van der Waals surface area contributed by atoms with E-state index < -0.39 is 5.97 Å². The van der Waals surface area contributed by atoms with Crippen molar-refractivity contribution in [1.82, 2.24) is 4.90 Å². The maximum Gasteiger partial charge on any atom is 0.341 e. The van der Waals surface area contributed by atoms with Crippen LogP contribution in [-0.2, 0) is 11.3 Å². The normalized spacial score (nSPS) is 10.2. The molecule has 0 aromatic heterocycles. The molecule has 0 saturated heterocycles. The molecule has 0 bridgehead atoms. The van der Waals surface area contributed by atoms with Crippen LogP contribution in [0.15, 0.2) is 42.5 Å². The molecule has 0 saturated carbocycles. The molecule has 0 radical (unpaired) electrons. The monoisotopic (exact) mass is 343 g/mol.